The van der Waals surface area contributed by atoms with E-state index in [4.69, 9.17) is 9.47 Å². The second-order valence-electron chi connectivity index (χ2n) is 7.14. The third-order valence-corrected chi connectivity index (χ3v) is 7.61. The van der Waals surface area contributed by atoms with Crippen molar-refractivity contribution in [3.8, 4) is 0 Å². The van der Waals surface area contributed by atoms with Crippen LogP contribution in [0.5, 0.6) is 0 Å². The second-order valence-corrected chi connectivity index (χ2v) is 8.25. The van der Waals surface area contributed by atoms with Crippen LogP contribution in [0.15, 0.2) is 0 Å². The van der Waals surface area contributed by atoms with Crippen LogP contribution in [0.4, 0.5) is 0 Å². The highest BCUT2D eigenvalue weighted by atomic mass is 32.2. The van der Waals surface area contributed by atoms with E-state index in [2.05, 4.69) is 30.9 Å². The standard InChI is InChI=1S/C17H31NO2S/c1-4-17(5-2)14(10-15(17)19-3)18-13-6-8-20-16(11-13)7-9-21-12-16/h13-15,18H,4-12H2,1-3H3. The van der Waals surface area contributed by atoms with E-state index in [1.807, 2.05) is 7.11 Å². The lowest BCUT2D eigenvalue weighted by Crippen LogP contribution is -2.66. The minimum Gasteiger partial charge on any atom is -0.381 e. The quantitative estimate of drug-likeness (QED) is 0.844. The average molecular weight is 314 g/mol. The molecule has 3 aliphatic rings. The molecular weight excluding hydrogens is 282 g/mol. The maximum atomic E-state index is 6.15. The van der Waals surface area contributed by atoms with Gasteiger partial charge in [-0.2, -0.15) is 11.8 Å². The molecule has 2 aliphatic heterocycles. The molecule has 2 heterocycles. The van der Waals surface area contributed by atoms with Gasteiger partial charge in [-0.1, -0.05) is 13.8 Å². The Morgan fingerprint density at radius 2 is 2.14 bits per heavy atom. The van der Waals surface area contributed by atoms with Crippen molar-refractivity contribution >= 4 is 11.8 Å². The van der Waals surface area contributed by atoms with Crippen molar-refractivity contribution in [3.05, 3.63) is 0 Å². The van der Waals surface area contributed by atoms with Crippen LogP contribution < -0.4 is 5.32 Å². The number of hydrogen-bond donors (Lipinski definition) is 1. The fourth-order valence-corrected chi connectivity index (χ4v) is 6.21. The zero-order valence-electron chi connectivity index (χ0n) is 13.8. The average Bonchev–Trinajstić information content (AvgIpc) is 2.92. The first kappa shape index (κ1) is 16.1. The van der Waals surface area contributed by atoms with E-state index in [1.54, 1.807) is 0 Å². The van der Waals surface area contributed by atoms with Crippen LogP contribution >= 0.6 is 11.8 Å². The molecule has 3 fully saturated rings. The summed E-state index contributed by atoms with van der Waals surface area (Å²) in [5, 5.41) is 3.99. The Labute approximate surface area is 133 Å². The molecule has 21 heavy (non-hydrogen) atoms. The van der Waals surface area contributed by atoms with E-state index >= 15 is 0 Å². The molecule has 4 unspecified atom stereocenters. The van der Waals surface area contributed by atoms with Gasteiger partial charge < -0.3 is 14.8 Å². The third-order valence-electron chi connectivity index (χ3n) is 6.38. The van der Waals surface area contributed by atoms with Gasteiger partial charge >= 0.3 is 0 Å². The Kier molecular flexibility index (Phi) is 4.90. The van der Waals surface area contributed by atoms with Gasteiger partial charge in [0.05, 0.1) is 11.7 Å². The number of rotatable bonds is 5. The van der Waals surface area contributed by atoms with Gasteiger partial charge in [0.2, 0.25) is 0 Å². The predicted molar refractivity (Wildman–Crippen MR) is 89.0 cm³/mol. The van der Waals surface area contributed by atoms with E-state index < -0.39 is 0 Å². The lowest BCUT2D eigenvalue weighted by atomic mass is 9.58. The number of thioether (sulfide) groups is 1. The largest absolute Gasteiger partial charge is 0.381 e. The Bertz CT molecular complexity index is 353. The normalized spacial score (nSPS) is 42.1. The molecule has 1 saturated carbocycles. The van der Waals surface area contributed by atoms with Crippen molar-refractivity contribution < 1.29 is 9.47 Å². The molecule has 1 N–H and O–H groups in total. The molecule has 0 aromatic rings. The lowest BCUT2D eigenvalue weighted by Gasteiger charge is -2.57. The number of hydrogen-bond acceptors (Lipinski definition) is 4. The van der Waals surface area contributed by atoms with E-state index in [-0.39, 0.29) is 5.60 Å². The minimum atomic E-state index is 0.187. The molecule has 1 aliphatic carbocycles. The van der Waals surface area contributed by atoms with Crippen molar-refractivity contribution in [3.63, 3.8) is 0 Å². The van der Waals surface area contributed by atoms with Crippen LogP contribution in [-0.2, 0) is 9.47 Å². The zero-order chi connectivity index (χ0) is 14.9. The molecule has 4 heteroatoms. The highest BCUT2D eigenvalue weighted by molar-refractivity contribution is 7.99. The third kappa shape index (κ3) is 2.77. The van der Waals surface area contributed by atoms with Crippen LogP contribution in [0.3, 0.4) is 0 Å². The summed E-state index contributed by atoms with van der Waals surface area (Å²) >= 11 is 2.06. The van der Waals surface area contributed by atoms with Crippen molar-refractivity contribution in [2.75, 3.05) is 25.2 Å². The molecule has 3 rings (SSSR count). The van der Waals surface area contributed by atoms with Gasteiger partial charge in [0.25, 0.3) is 0 Å². The molecular formula is C17H31NO2S. The summed E-state index contributed by atoms with van der Waals surface area (Å²) < 4.78 is 11.9. The van der Waals surface area contributed by atoms with Gasteiger partial charge in [-0.3, -0.25) is 0 Å². The predicted octanol–water partition coefficient (Wildman–Crippen LogP) is 3.22. The molecule has 3 nitrogen and oxygen atoms in total. The molecule has 0 radical (unpaired) electrons. The monoisotopic (exact) mass is 313 g/mol. The van der Waals surface area contributed by atoms with Crippen LogP contribution in [0.1, 0.15) is 52.4 Å². The van der Waals surface area contributed by atoms with Crippen LogP contribution in [0, 0.1) is 5.41 Å². The first-order chi connectivity index (χ1) is 10.2. The summed E-state index contributed by atoms with van der Waals surface area (Å²) in [5.74, 6) is 2.47. The number of ether oxygens (including phenoxy) is 2. The Morgan fingerprint density at radius 1 is 1.33 bits per heavy atom. The first-order valence-electron chi connectivity index (χ1n) is 8.68. The molecule has 0 amide bonds. The van der Waals surface area contributed by atoms with E-state index in [0.717, 1.165) is 6.61 Å². The zero-order valence-corrected chi connectivity index (χ0v) is 14.6. The second kappa shape index (κ2) is 6.38. The summed E-state index contributed by atoms with van der Waals surface area (Å²) in [6.45, 7) is 5.58. The van der Waals surface area contributed by atoms with Crippen LogP contribution in [-0.4, -0.2) is 49.0 Å². The summed E-state index contributed by atoms with van der Waals surface area (Å²) in [7, 11) is 1.88. The van der Waals surface area contributed by atoms with Gasteiger partial charge in [-0.05, 0) is 44.3 Å². The summed E-state index contributed by atoms with van der Waals surface area (Å²) in [5.41, 5.74) is 0.538. The molecule has 0 aromatic carbocycles. The molecule has 0 bridgehead atoms. The van der Waals surface area contributed by atoms with Gasteiger partial charge in [-0.25, -0.2) is 0 Å². The Balaban J connectivity index is 1.61. The van der Waals surface area contributed by atoms with Gasteiger partial charge in [0.15, 0.2) is 0 Å². The molecule has 122 valence electrons. The summed E-state index contributed by atoms with van der Waals surface area (Å²) in [6.07, 6.45) is 7.67. The number of nitrogens with one attached hydrogen (secondary N) is 1. The molecule has 0 aromatic heterocycles. The molecule has 4 atom stereocenters. The summed E-state index contributed by atoms with van der Waals surface area (Å²) in [4.78, 5) is 0. The lowest BCUT2D eigenvalue weighted by molar-refractivity contribution is -0.134. The summed E-state index contributed by atoms with van der Waals surface area (Å²) in [6, 6.07) is 1.27. The van der Waals surface area contributed by atoms with Gasteiger partial charge in [0, 0.05) is 37.0 Å². The topological polar surface area (TPSA) is 30.5 Å². The van der Waals surface area contributed by atoms with E-state index in [9.17, 15) is 0 Å². The molecule has 2 saturated heterocycles. The van der Waals surface area contributed by atoms with Crippen molar-refractivity contribution in [1.82, 2.24) is 5.32 Å². The highest BCUT2D eigenvalue weighted by Crippen LogP contribution is 2.49. The minimum absolute atomic E-state index is 0.187. The van der Waals surface area contributed by atoms with E-state index in [0.29, 0.717) is 23.6 Å². The highest BCUT2D eigenvalue weighted by Gasteiger charge is 2.54. The maximum absolute atomic E-state index is 6.15. The van der Waals surface area contributed by atoms with Gasteiger partial charge in [-0.15, -0.1) is 0 Å². The van der Waals surface area contributed by atoms with Crippen molar-refractivity contribution in [1.29, 1.82) is 0 Å². The van der Waals surface area contributed by atoms with Gasteiger partial charge in [0.1, 0.15) is 0 Å². The fraction of sp³-hybridized carbons (Fsp3) is 1.00. The molecule has 1 spiro atoms. The Morgan fingerprint density at radius 3 is 2.76 bits per heavy atom. The van der Waals surface area contributed by atoms with Crippen LogP contribution in [0.25, 0.3) is 0 Å². The Hall–Kier alpha value is 0.230. The van der Waals surface area contributed by atoms with Crippen molar-refractivity contribution in [2.45, 2.75) is 76.2 Å². The van der Waals surface area contributed by atoms with E-state index in [1.165, 1.54) is 50.0 Å². The SMILES string of the molecule is CCC1(CC)C(NC2CCOC3(CCSC3)C2)CC1OC. The fourth-order valence-electron chi connectivity index (χ4n) is 4.83. The van der Waals surface area contributed by atoms with Crippen LogP contribution in [0.2, 0.25) is 0 Å². The maximum Gasteiger partial charge on any atom is 0.0795 e. The number of methoxy groups -OCH3 is 1. The van der Waals surface area contributed by atoms with Crippen molar-refractivity contribution in [2.24, 2.45) is 5.41 Å². The first-order valence-corrected chi connectivity index (χ1v) is 9.84. The smallest absolute Gasteiger partial charge is 0.0795 e.